The van der Waals surface area contributed by atoms with E-state index < -0.39 is 23.8 Å². The van der Waals surface area contributed by atoms with Crippen molar-refractivity contribution in [3.8, 4) is 0 Å². The standard InChI is InChI=1S/C27H45N3O4/c1-10-11-12-17-28-24(31)23(21-15-13-20(6)14-16-21)30(19(4)5)25(32)22(18(2)3)29-26(33)34-27(7,8)9/h13-16,18-19,22-23H,10-12,17H2,1-9H3,(H,28,31)(H,29,33). The molecule has 0 aliphatic rings. The molecule has 0 saturated carbocycles. The van der Waals surface area contributed by atoms with Crippen LogP contribution < -0.4 is 10.6 Å². The van der Waals surface area contributed by atoms with Crippen LogP contribution in [0.1, 0.15) is 91.8 Å². The molecule has 0 heterocycles. The SMILES string of the molecule is CCCCCNC(=O)C(c1ccc(C)cc1)N(C(=O)C(NC(=O)OC(C)(C)C)C(C)C)C(C)C. The fourth-order valence-corrected chi connectivity index (χ4v) is 3.66. The number of nitrogens with zero attached hydrogens (tertiary/aromatic N) is 1. The molecule has 34 heavy (non-hydrogen) atoms. The lowest BCUT2D eigenvalue weighted by atomic mass is 9.97. The molecule has 2 unspecified atom stereocenters. The van der Waals surface area contributed by atoms with E-state index in [0.717, 1.165) is 30.4 Å². The molecule has 1 rings (SSSR count). The lowest BCUT2D eigenvalue weighted by Crippen LogP contribution is -2.56. The Hall–Kier alpha value is -2.57. The highest BCUT2D eigenvalue weighted by Crippen LogP contribution is 2.26. The summed E-state index contributed by atoms with van der Waals surface area (Å²) in [6.07, 6.45) is 2.31. The van der Waals surface area contributed by atoms with Gasteiger partial charge in [-0.3, -0.25) is 9.59 Å². The molecule has 0 radical (unpaired) electrons. The lowest BCUT2D eigenvalue weighted by molar-refractivity contribution is -0.145. The Morgan fingerprint density at radius 1 is 1.00 bits per heavy atom. The van der Waals surface area contributed by atoms with Gasteiger partial charge in [-0.25, -0.2) is 4.79 Å². The van der Waals surface area contributed by atoms with E-state index in [1.807, 2.05) is 58.9 Å². The van der Waals surface area contributed by atoms with E-state index in [9.17, 15) is 14.4 Å². The second kappa shape index (κ2) is 13.4. The predicted molar refractivity (Wildman–Crippen MR) is 136 cm³/mol. The van der Waals surface area contributed by atoms with E-state index in [-0.39, 0.29) is 23.8 Å². The van der Waals surface area contributed by atoms with Gasteiger partial charge in [0.05, 0.1) is 0 Å². The first-order valence-electron chi connectivity index (χ1n) is 12.4. The molecule has 0 aliphatic heterocycles. The second-order valence-electron chi connectivity index (χ2n) is 10.5. The zero-order chi connectivity index (χ0) is 26.1. The predicted octanol–water partition coefficient (Wildman–Crippen LogP) is 5.13. The summed E-state index contributed by atoms with van der Waals surface area (Å²) in [7, 11) is 0. The van der Waals surface area contributed by atoms with Gasteiger partial charge in [-0.1, -0.05) is 63.4 Å². The van der Waals surface area contributed by atoms with Crippen LogP contribution in [0.2, 0.25) is 0 Å². The average molecular weight is 476 g/mol. The summed E-state index contributed by atoms with van der Waals surface area (Å²) in [6.45, 7) is 17.5. The number of carbonyl (C=O) groups is 3. The summed E-state index contributed by atoms with van der Waals surface area (Å²) < 4.78 is 5.39. The van der Waals surface area contributed by atoms with Crippen molar-refractivity contribution in [1.29, 1.82) is 0 Å². The number of rotatable bonds is 11. The third-order valence-corrected chi connectivity index (χ3v) is 5.41. The summed E-state index contributed by atoms with van der Waals surface area (Å²) in [4.78, 5) is 41.4. The Bertz CT molecular complexity index is 797. The van der Waals surface area contributed by atoms with Gasteiger partial charge in [-0.15, -0.1) is 0 Å². The molecule has 0 spiro atoms. The molecule has 0 aromatic heterocycles. The van der Waals surface area contributed by atoms with Gasteiger partial charge in [0, 0.05) is 12.6 Å². The number of carbonyl (C=O) groups excluding carboxylic acids is 3. The smallest absolute Gasteiger partial charge is 0.408 e. The highest BCUT2D eigenvalue weighted by molar-refractivity contribution is 5.92. The van der Waals surface area contributed by atoms with Crippen LogP contribution in [0.4, 0.5) is 4.79 Å². The fraction of sp³-hybridized carbons (Fsp3) is 0.667. The zero-order valence-corrected chi connectivity index (χ0v) is 22.5. The van der Waals surface area contributed by atoms with Crippen LogP contribution in [-0.4, -0.2) is 47.0 Å². The van der Waals surface area contributed by atoms with Gasteiger partial charge in [-0.2, -0.15) is 0 Å². The van der Waals surface area contributed by atoms with Crippen molar-refractivity contribution in [2.24, 2.45) is 5.92 Å². The summed E-state index contributed by atoms with van der Waals surface area (Å²) in [5.41, 5.74) is 1.12. The van der Waals surface area contributed by atoms with Crippen molar-refractivity contribution in [3.05, 3.63) is 35.4 Å². The van der Waals surface area contributed by atoms with Crippen LogP contribution >= 0.6 is 0 Å². The first-order chi connectivity index (χ1) is 15.8. The van der Waals surface area contributed by atoms with Crippen molar-refractivity contribution in [2.45, 2.75) is 105 Å². The average Bonchev–Trinajstić information content (AvgIpc) is 2.71. The van der Waals surface area contributed by atoms with Crippen molar-refractivity contribution >= 4 is 17.9 Å². The van der Waals surface area contributed by atoms with Gasteiger partial charge >= 0.3 is 6.09 Å². The van der Waals surface area contributed by atoms with Crippen LogP contribution in [0.5, 0.6) is 0 Å². The first-order valence-corrected chi connectivity index (χ1v) is 12.4. The van der Waals surface area contributed by atoms with Gasteiger partial charge in [-0.05, 0) is 59.4 Å². The molecule has 2 N–H and O–H groups in total. The monoisotopic (exact) mass is 475 g/mol. The summed E-state index contributed by atoms with van der Waals surface area (Å²) in [5.74, 6) is -0.737. The van der Waals surface area contributed by atoms with Gasteiger partial charge in [0.1, 0.15) is 17.7 Å². The minimum Gasteiger partial charge on any atom is -0.444 e. The topological polar surface area (TPSA) is 87.7 Å². The van der Waals surface area contributed by atoms with Crippen molar-refractivity contribution in [1.82, 2.24) is 15.5 Å². The molecule has 0 fully saturated rings. The van der Waals surface area contributed by atoms with Crippen molar-refractivity contribution < 1.29 is 19.1 Å². The molecule has 0 bridgehead atoms. The largest absolute Gasteiger partial charge is 0.444 e. The molecule has 0 saturated heterocycles. The molecule has 192 valence electrons. The van der Waals surface area contributed by atoms with E-state index in [1.54, 1.807) is 25.7 Å². The van der Waals surface area contributed by atoms with E-state index in [1.165, 1.54) is 0 Å². The molecular formula is C27H45N3O4. The zero-order valence-electron chi connectivity index (χ0n) is 22.5. The Labute approximate surface area is 206 Å². The lowest BCUT2D eigenvalue weighted by Gasteiger charge is -2.38. The number of unbranched alkanes of at least 4 members (excludes halogenated alkanes) is 2. The number of alkyl carbamates (subject to hydrolysis) is 1. The number of aryl methyl sites for hydroxylation is 1. The van der Waals surface area contributed by atoms with Crippen molar-refractivity contribution in [3.63, 3.8) is 0 Å². The van der Waals surface area contributed by atoms with Gasteiger partial charge in [0.25, 0.3) is 0 Å². The van der Waals surface area contributed by atoms with E-state index in [0.29, 0.717) is 6.54 Å². The molecular weight excluding hydrogens is 430 g/mol. The number of hydrogen-bond donors (Lipinski definition) is 2. The van der Waals surface area contributed by atoms with Crippen LogP contribution in [-0.2, 0) is 14.3 Å². The Kier molecular flexibility index (Phi) is 11.6. The summed E-state index contributed by atoms with van der Waals surface area (Å²) in [6, 6.07) is 5.74. The highest BCUT2D eigenvalue weighted by atomic mass is 16.6. The molecule has 0 aliphatic carbocycles. The summed E-state index contributed by atoms with van der Waals surface area (Å²) >= 11 is 0. The second-order valence-corrected chi connectivity index (χ2v) is 10.5. The fourth-order valence-electron chi connectivity index (χ4n) is 3.66. The minimum absolute atomic E-state index is 0.201. The van der Waals surface area contributed by atoms with E-state index in [2.05, 4.69) is 17.6 Å². The Balaban J connectivity index is 3.33. The third-order valence-electron chi connectivity index (χ3n) is 5.41. The maximum absolute atomic E-state index is 13.9. The van der Waals surface area contributed by atoms with Gasteiger partial charge in [0.2, 0.25) is 11.8 Å². The first kappa shape index (κ1) is 29.5. The maximum atomic E-state index is 13.9. The highest BCUT2D eigenvalue weighted by Gasteiger charge is 2.38. The number of benzene rings is 1. The number of ether oxygens (including phenoxy) is 1. The number of nitrogens with one attached hydrogen (secondary N) is 2. The third kappa shape index (κ3) is 9.35. The van der Waals surface area contributed by atoms with Crippen molar-refractivity contribution in [2.75, 3.05) is 6.54 Å². The molecule has 3 amide bonds. The molecule has 7 heteroatoms. The molecule has 1 aromatic carbocycles. The van der Waals surface area contributed by atoms with Crippen LogP contribution in [0.15, 0.2) is 24.3 Å². The number of hydrogen-bond acceptors (Lipinski definition) is 4. The van der Waals surface area contributed by atoms with E-state index >= 15 is 0 Å². The van der Waals surface area contributed by atoms with E-state index in [4.69, 9.17) is 4.74 Å². The quantitative estimate of drug-likeness (QED) is 0.434. The minimum atomic E-state index is -0.835. The normalized spacial score (nSPS) is 13.4. The van der Waals surface area contributed by atoms with Crippen LogP contribution in [0.25, 0.3) is 0 Å². The van der Waals surface area contributed by atoms with Crippen LogP contribution in [0, 0.1) is 12.8 Å². The maximum Gasteiger partial charge on any atom is 0.408 e. The van der Waals surface area contributed by atoms with Gasteiger partial charge < -0.3 is 20.3 Å². The number of amides is 3. The molecule has 7 nitrogen and oxygen atoms in total. The molecule has 2 atom stereocenters. The van der Waals surface area contributed by atoms with Gasteiger partial charge in [0.15, 0.2) is 0 Å². The molecule has 1 aromatic rings. The Morgan fingerprint density at radius 2 is 1.59 bits per heavy atom. The van der Waals surface area contributed by atoms with Crippen LogP contribution in [0.3, 0.4) is 0 Å². The Morgan fingerprint density at radius 3 is 2.06 bits per heavy atom. The summed E-state index contributed by atoms with van der Waals surface area (Å²) in [5, 5.41) is 5.75.